The van der Waals surface area contributed by atoms with Crippen molar-refractivity contribution in [2.24, 2.45) is 0 Å². The molecule has 0 aliphatic rings. The van der Waals surface area contributed by atoms with Crippen molar-refractivity contribution in [2.75, 3.05) is 7.11 Å². The minimum Gasteiger partial charge on any atom is -0.481 e. The number of hydrogen-bond donors (Lipinski definition) is 2. The molecule has 0 fully saturated rings. The van der Waals surface area contributed by atoms with E-state index in [0.29, 0.717) is 38.3 Å². The fraction of sp³-hybridized carbons (Fsp3) is 0.190. The van der Waals surface area contributed by atoms with Crippen molar-refractivity contribution in [3.63, 3.8) is 0 Å². The summed E-state index contributed by atoms with van der Waals surface area (Å²) in [5.41, 5.74) is 4.11. The molecule has 0 radical (unpaired) electrons. The van der Waals surface area contributed by atoms with Crippen LogP contribution in [0.2, 0.25) is 0 Å². The standard InChI is InChI=1S/C21H18N6O3S/c1-10-5-13(11(2)27(10)20-18(21(28)29)24-12(3)31-20)6-14(8-22)19-25-15-7-17(30-4)23-9-16(15)26-19/h5-7,9H,1-4H3,(H,25,26)(H,28,29). The average Bonchev–Trinajstić information content (AvgIpc) is 3.40. The normalized spacial score (nSPS) is 11.6. The van der Waals surface area contributed by atoms with Crippen LogP contribution in [-0.2, 0) is 0 Å². The molecule has 0 saturated carbocycles. The number of rotatable bonds is 5. The summed E-state index contributed by atoms with van der Waals surface area (Å²) in [6.07, 6.45) is 3.33. The Balaban J connectivity index is 1.81. The van der Waals surface area contributed by atoms with Crippen LogP contribution in [-0.4, -0.2) is 42.7 Å². The fourth-order valence-electron chi connectivity index (χ4n) is 3.39. The number of nitrogens with one attached hydrogen (secondary N) is 1. The number of ether oxygens (including phenoxy) is 1. The Morgan fingerprint density at radius 1 is 1.32 bits per heavy atom. The predicted molar refractivity (Wildman–Crippen MR) is 117 cm³/mol. The molecule has 0 aliphatic carbocycles. The van der Waals surface area contributed by atoms with Gasteiger partial charge in [-0.05, 0) is 38.5 Å². The number of carboxylic acids is 1. The SMILES string of the molecule is COc1cc2nc(C(C#N)=Cc3cc(C)n(-c4sc(C)nc4C(=O)O)c3C)[nH]c2cn1. The molecule has 156 valence electrons. The average molecular weight is 434 g/mol. The van der Waals surface area contributed by atoms with Crippen LogP contribution in [0.5, 0.6) is 5.88 Å². The summed E-state index contributed by atoms with van der Waals surface area (Å²) in [4.78, 5) is 27.5. The first-order chi connectivity index (χ1) is 14.8. The molecule has 31 heavy (non-hydrogen) atoms. The zero-order valence-corrected chi connectivity index (χ0v) is 18.0. The zero-order valence-electron chi connectivity index (χ0n) is 17.2. The van der Waals surface area contributed by atoms with Gasteiger partial charge in [-0.15, -0.1) is 11.3 Å². The lowest BCUT2D eigenvalue weighted by molar-refractivity contribution is 0.0691. The van der Waals surface area contributed by atoms with Gasteiger partial charge in [-0.1, -0.05) is 0 Å². The molecule has 9 nitrogen and oxygen atoms in total. The molecule has 4 heterocycles. The number of nitriles is 1. The number of carboxylic acid groups (broad SMARTS) is 1. The number of pyridine rings is 1. The number of aromatic amines is 1. The molecular weight excluding hydrogens is 416 g/mol. The molecule has 0 saturated heterocycles. The zero-order chi connectivity index (χ0) is 22.3. The lowest BCUT2D eigenvalue weighted by Gasteiger charge is -2.07. The highest BCUT2D eigenvalue weighted by Crippen LogP contribution is 2.30. The highest BCUT2D eigenvalue weighted by atomic mass is 32.1. The van der Waals surface area contributed by atoms with Gasteiger partial charge in [-0.25, -0.2) is 19.7 Å². The van der Waals surface area contributed by atoms with Crippen molar-refractivity contribution < 1.29 is 14.6 Å². The van der Waals surface area contributed by atoms with E-state index in [1.54, 1.807) is 25.3 Å². The summed E-state index contributed by atoms with van der Waals surface area (Å²) in [7, 11) is 1.53. The number of carbonyl (C=O) groups is 1. The van der Waals surface area contributed by atoms with E-state index in [1.165, 1.54) is 18.4 Å². The molecule has 0 aromatic carbocycles. The summed E-state index contributed by atoms with van der Waals surface area (Å²) >= 11 is 1.31. The van der Waals surface area contributed by atoms with Crippen molar-refractivity contribution in [1.29, 1.82) is 5.26 Å². The van der Waals surface area contributed by atoms with Crippen molar-refractivity contribution in [3.8, 4) is 17.0 Å². The number of aromatic nitrogens is 5. The van der Waals surface area contributed by atoms with Crippen LogP contribution in [0, 0.1) is 32.1 Å². The Labute approximate surface area is 181 Å². The third-order valence-corrected chi connectivity index (χ3v) is 5.78. The van der Waals surface area contributed by atoms with E-state index in [-0.39, 0.29) is 5.69 Å². The van der Waals surface area contributed by atoms with Crippen molar-refractivity contribution in [3.05, 3.63) is 51.8 Å². The van der Waals surface area contributed by atoms with Gasteiger partial charge in [0, 0.05) is 17.5 Å². The number of H-pyrrole nitrogens is 1. The number of hydrogen-bond acceptors (Lipinski definition) is 7. The van der Waals surface area contributed by atoms with E-state index in [1.807, 2.05) is 24.5 Å². The molecule has 4 rings (SSSR count). The largest absolute Gasteiger partial charge is 0.481 e. The van der Waals surface area contributed by atoms with E-state index in [9.17, 15) is 15.2 Å². The molecule has 0 aliphatic heterocycles. The fourth-order valence-corrected chi connectivity index (χ4v) is 4.41. The van der Waals surface area contributed by atoms with Crippen LogP contribution >= 0.6 is 11.3 Å². The number of methoxy groups -OCH3 is 1. The molecule has 4 aromatic rings. The topological polar surface area (TPSA) is 130 Å². The van der Waals surface area contributed by atoms with Crippen LogP contribution in [0.25, 0.3) is 27.7 Å². The molecule has 10 heteroatoms. The Kier molecular flexibility index (Phi) is 5.04. The van der Waals surface area contributed by atoms with Gasteiger partial charge < -0.3 is 19.4 Å². The third-order valence-electron chi connectivity index (χ3n) is 4.82. The van der Waals surface area contributed by atoms with Gasteiger partial charge in [0.05, 0.1) is 34.9 Å². The van der Waals surface area contributed by atoms with Crippen molar-refractivity contribution in [1.82, 2.24) is 24.5 Å². The van der Waals surface area contributed by atoms with Gasteiger partial charge in [-0.2, -0.15) is 5.26 Å². The highest BCUT2D eigenvalue weighted by molar-refractivity contribution is 7.14. The van der Waals surface area contributed by atoms with Crippen LogP contribution in [0.15, 0.2) is 18.3 Å². The second-order valence-corrected chi connectivity index (χ2v) is 8.03. The number of aryl methyl sites for hydroxylation is 2. The van der Waals surface area contributed by atoms with Gasteiger partial charge in [0.1, 0.15) is 16.9 Å². The lowest BCUT2D eigenvalue weighted by Crippen LogP contribution is -2.06. The number of allylic oxidation sites excluding steroid dienone is 1. The maximum absolute atomic E-state index is 11.6. The predicted octanol–water partition coefficient (Wildman–Crippen LogP) is 3.90. The lowest BCUT2D eigenvalue weighted by atomic mass is 10.1. The monoisotopic (exact) mass is 434 g/mol. The van der Waals surface area contributed by atoms with Crippen LogP contribution in [0.3, 0.4) is 0 Å². The maximum atomic E-state index is 11.6. The van der Waals surface area contributed by atoms with E-state index < -0.39 is 5.97 Å². The van der Waals surface area contributed by atoms with Gasteiger partial charge >= 0.3 is 5.97 Å². The number of thiazole rings is 1. The van der Waals surface area contributed by atoms with Gasteiger partial charge in [-0.3, -0.25) is 0 Å². The van der Waals surface area contributed by atoms with Crippen LogP contribution < -0.4 is 4.74 Å². The summed E-state index contributed by atoms with van der Waals surface area (Å²) in [6, 6.07) is 5.78. The van der Waals surface area contributed by atoms with E-state index in [4.69, 9.17) is 4.74 Å². The summed E-state index contributed by atoms with van der Waals surface area (Å²) in [6.45, 7) is 5.53. The molecule has 0 amide bonds. The number of imidazole rings is 1. The van der Waals surface area contributed by atoms with Crippen LogP contribution in [0.1, 0.15) is 38.3 Å². The molecule has 0 spiro atoms. The number of aromatic carboxylic acids is 1. The quantitative estimate of drug-likeness (QED) is 0.456. The van der Waals surface area contributed by atoms with Crippen molar-refractivity contribution >= 4 is 40.0 Å². The minimum atomic E-state index is -1.08. The first kappa shape index (κ1) is 20.3. The smallest absolute Gasteiger partial charge is 0.357 e. The molecule has 0 atom stereocenters. The maximum Gasteiger partial charge on any atom is 0.357 e. The molecule has 0 bridgehead atoms. The molecule has 2 N–H and O–H groups in total. The molecule has 4 aromatic heterocycles. The Morgan fingerprint density at radius 2 is 2.10 bits per heavy atom. The number of nitrogens with zero attached hydrogens (tertiary/aromatic N) is 5. The molecule has 0 unspecified atom stereocenters. The Bertz CT molecular complexity index is 1400. The Morgan fingerprint density at radius 3 is 2.77 bits per heavy atom. The molecular formula is C21H18N6O3S. The van der Waals surface area contributed by atoms with E-state index >= 15 is 0 Å². The first-order valence-corrected chi connectivity index (χ1v) is 10.1. The number of fused-ring (bicyclic) bond motifs is 1. The minimum absolute atomic E-state index is 0.0130. The van der Waals surface area contributed by atoms with Gasteiger partial charge in [0.25, 0.3) is 0 Å². The van der Waals surface area contributed by atoms with E-state index in [0.717, 1.165) is 17.0 Å². The summed E-state index contributed by atoms with van der Waals surface area (Å²) in [5, 5.41) is 20.5. The van der Waals surface area contributed by atoms with Crippen molar-refractivity contribution in [2.45, 2.75) is 20.8 Å². The third kappa shape index (κ3) is 3.55. The Hall–Kier alpha value is -3.97. The second kappa shape index (κ2) is 7.70. The summed E-state index contributed by atoms with van der Waals surface area (Å²) < 4.78 is 6.97. The van der Waals surface area contributed by atoms with Gasteiger partial charge in [0.15, 0.2) is 5.69 Å². The second-order valence-electron chi connectivity index (χ2n) is 6.85. The van der Waals surface area contributed by atoms with E-state index in [2.05, 4.69) is 26.0 Å². The van der Waals surface area contributed by atoms with Crippen LogP contribution in [0.4, 0.5) is 0 Å². The summed E-state index contributed by atoms with van der Waals surface area (Å²) in [5.74, 6) is -0.226. The first-order valence-electron chi connectivity index (χ1n) is 9.24. The highest BCUT2D eigenvalue weighted by Gasteiger charge is 2.21. The van der Waals surface area contributed by atoms with Gasteiger partial charge in [0.2, 0.25) is 5.88 Å².